The van der Waals surface area contributed by atoms with Crippen molar-refractivity contribution in [2.24, 2.45) is 0 Å². The van der Waals surface area contributed by atoms with E-state index >= 15 is 0 Å². The Labute approximate surface area is 125 Å². The third-order valence-electron chi connectivity index (χ3n) is 2.72. The number of anilines is 1. The van der Waals surface area contributed by atoms with Crippen LogP contribution >= 0.6 is 15.9 Å². The molecular weight excluding hydrogens is 322 g/mol. The van der Waals surface area contributed by atoms with Gasteiger partial charge in [-0.25, -0.2) is 4.98 Å². The van der Waals surface area contributed by atoms with Crippen LogP contribution in [0.25, 0.3) is 0 Å². The average Bonchev–Trinajstić information content (AvgIpc) is 2.45. The Hall–Kier alpha value is -2.08. The van der Waals surface area contributed by atoms with Gasteiger partial charge >= 0.3 is 0 Å². The molecule has 2 rings (SSSR count). The van der Waals surface area contributed by atoms with Crippen molar-refractivity contribution in [1.82, 2.24) is 10.3 Å². The van der Waals surface area contributed by atoms with Gasteiger partial charge in [0.2, 0.25) is 5.88 Å². The van der Waals surface area contributed by atoms with Gasteiger partial charge in [-0.05, 0) is 29.8 Å². The van der Waals surface area contributed by atoms with E-state index in [4.69, 9.17) is 10.5 Å². The molecule has 0 fully saturated rings. The predicted octanol–water partition coefficient (Wildman–Crippen LogP) is 2.36. The number of hydrogen-bond donors (Lipinski definition) is 2. The van der Waals surface area contributed by atoms with E-state index in [-0.39, 0.29) is 5.91 Å². The van der Waals surface area contributed by atoms with Crippen molar-refractivity contribution in [3.8, 4) is 5.88 Å². The number of nitrogens with zero attached hydrogens (tertiary/aromatic N) is 1. The predicted molar refractivity (Wildman–Crippen MR) is 80.5 cm³/mol. The topological polar surface area (TPSA) is 77.2 Å². The fraction of sp³-hybridized carbons (Fsp3) is 0.143. The van der Waals surface area contributed by atoms with Crippen LogP contribution in [0.3, 0.4) is 0 Å². The van der Waals surface area contributed by atoms with Crippen LogP contribution in [-0.4, -0.2) is 18.0 Å². The highest BCUT2D eigenvalue weighted by atomic mass is 79.9. The zero-order valence-corrected chi connectivity index (χ0v) is 12.5. The number of rotatable bonds is 4. The molecule has 6 heteroatoms. The largest absolute Gasteiger partial charge is 0.481 e. The fourth-order valence-corrected chi connectivity index (χ4v) is 2.07. The van der Waals surface area contributed by atoms with Gasteiger partial charge in [0.15, 0.2) is 0 Å². The van der Waals surface area contributed by atoms with Crippen LogP contribution in [0.4, 0.5) is 5.69 Å². The number of nitrogens with two attached hydrogens (primary N) is 1. The van der Waals surface area contributed by atoms with Gasteiger partial charge in [0, 0.05) is 29.0 Å². The monoisotopic (exact) mass is 335 g/mol. The van der Waals surface area contributed by atoms with Crippen LogP contribution in [0.2, 0.25) is 0 Å². The quantitative estimate of drug-likeness (QED) is 0.841. The molecule has 5 nitrogen and oxygen atoms in total. The first kappa shape index (κ1) is 14.3. The number of amides is 1. The van der Waals surface area contributed by atoms with E-state index in [2.05, 4.69) is 26.2 Å². The minimum atomic E-state index is -0.217. The second kappa shape index (κ2) is 6.38. The first-order chi connectivity index (χ1) is 9.60. The Morgan fingerprint density at radius 3 is 2.90 bits per heavy atom. The molecule has 3 N–H and O–H groups in total. The number of carbonyl (C=O) groups is 1. The standard InChI is InChI=1S/C14H14BrN3O2/c1-20-13-6-9(4-5-17-13)8-18-14(19)11-3-2-10(15)7-12(11)16/h2-7H,8,16H2,1H3,(H,18,19). The summed E-state index contributed by atoms with van der Waals surface area (Å²) in [4.78, 5) is 16.1. The molecule has 0 aliphatic heterocycles. The molecule has 0 bridgehead atoms. The number of halogens is 1. The highest BCUT2D eigenvalue weighted by molar-refractivity contribution is 9.10. The summed E-state index contributed by atoms with van der Waals surface area (Å²) < 4.78 is 5.87. The highest BCUT2D eigenvalue weighted by Crippen LogP contribution is 2.18. The summed E-state index contributed by atoms with van der Waals surface area (Å²) >= 11 is 3.30. The third-order valence-corrected chi connectivity index (χ3v) is 3.21. The van der Waals surface area contributed by atoms with Crippen molar-refractivity contribution < 1.29 is 9.53 Å². The van der Waals surface area contributed by atoms with Gasteiger partial charge in [-0.3, -0.25) is 4.79 Å². The van der Waals surface area contributed by atoms with Crippen molar-refractivity contribution in [2.75, 3.05) is 12.8 Å². The molecule has 0 aliphatic rings. The van der Waals surface area contributed by atoms with Crippen molar-refractivity contribution in [2.45, 2.75) is 6.54 Å². The summed E-state index contributed by atoms with van der Waals surface area (Å²) in [6.07, 6.45) is 1.63. The SMILES string of the molecule is COc1cc(CNC(=O)c2ccc(Br)cc2N)ccn1. The number of pyridine rings is 1. The summed E-state index contributed by atoms with van der Waals surface area (Å²) in [5.41, 5.74) is 7.61. The second-order valence-electron chi connectivity index (χ2n) is 4.12. The maximum Gasteiger partial charge on any atom is 0.253 e. The molecule has 104 valence electrons. The third kappa shape index (κ3) is 3.48. The summed E-state index contributed by atoms with van der Waals surface area (Å²) in [5, 5.41) is 2.81. The summed E-state index contributed by atoms with van der Waals surface area (Å²) in [6.45, 7) is 0.382. The number of benzene rings is 1. The van der Waals surface area contributed by atoms with Gasteiger partial charge in [0.1, 0.15) is 0 Å². The Bertz CT molecular complexity index is 632. The van der Waals surface area contributed by atoms with Gasteiger partial charge in [-0.1, -0.05) is 15.9 Å². The lowest BCUT2D eigenvalue weighted by Crippen LogP contribution is -2.23. The highest BCUT2D eigenvalue weighted by Gasteiger charge is 2.09. The Balaban J connectivity index is 2.04. The maximum absolute atomic E-state index is 12.1. The lowest BCUT2D eigenvalue weighted by molar-refractivity contribution is 0.0951. The van der Waals surface area contributed by atoms with E-state index in [0.717, 1.165) is 10.0 Å². The molecule has 0 saturated heterocycles. The molecule has 2 aromatic rings. The Kier molecular flexibility index (Phi) is 4.57. The van der Waals surface area contributed by atoms with Crippen molar-refractivity contribution in [3.05, 3.63) is 52.1 Å². The number of nitrogen functional groups attached to an aromatic ring is 1. The van der Waals surface area contributed by atoms with Crippen LogP contribution in [0.1, 0.15) is 15.9 Å². The van der Waals surface area contributed by atoms with Crippen molar-refractivity contribution in [3.63, 3.8) is 0 Å². The zero-order valence-electron chi connectivity index (χ0n) is 10.9. The maximum atomic E-state index is 12.1. The molecule has 0 radical (unpaired) electrons. The number of hydrogen-bond acceptors (Lipinski definition) is 4. The minimum absolute atomic E-state index is 0.217. The zero-order chi connectivity index (χ0) is 14.5. The van der Waals surface area contributed by atoms with Gasteiger partial charge in [0.25, 0.3) is 5.91 Å². The van der Waals surface area contributed by atoms with Crippen LogP contribution < -0.4 is 15.8 Å². The van der Waals surface area contributed by atoms with E-state index in [9.17, 15) is 4.79 Å². The fourth-order valence-electron chi connectivity index (χ4n) is 1.69. The summed E-state index contributed by atoms with van der Waals surface area (Å²) in [6, 6.07) is 8.74. The van der Waals surface area contributed by atoms with Gasteiger partial charge in [-0.15, -0.1) is 0 Å². The van der Waals surface area contributed by atoms with Crippen molar-refractivity contribution >= 4 is 27.5 Å². The Morgan fingerprint density at radius 2 is 2.20 bits per heavy atom. The van der Waals surface area contributed by atoms with Gasteiger partial charge < -0.3 is 15.8 Å². The van der Waals surface area contributed by atoms with E-state index in [1.807, 2.05) is 6.07 Å². The summed E-state index contributed by atoms with van der Waals surface area (Å²) in [7, 11) is 1.55. The van der Waals surface area contributed by atoms with Crippen LogP contribution in [0, 0.1) is 0 Å². The molecular formula is C14H14BrN3O2. The molecule has 20 heavy (non-hydrogen) atoms. The molecule has 0 saturated carbocycles. The molecule has 1 aromatic carbocycles. The van der Waals surface area contributed by atoms with E-state index in [0.29, 0.717) is 23.7 Å². The number of ether oxygens (including phenoxy) is 1. The van der Waals surface area contributed by atoms with Crippen LogP contribution in [0.15, 0.2) is 41.0 Å². The van der Waals surface area contributed by atoms with Crippen LogP contribution in [-0.2, 0) is 6.54 Å². The normalized spacial score (nSPS) is 10.1. The number of carbonyl (C=O) groups excluding carboxylic acids is 1. The molecule has 0 atom stereocenters. The smallest absolute Gasteiger partial charge is 0.253 e. The Morgan fingerprint density at radius 1 is 1.40 bits per heavy atom. The summed E-state index contributed by atoms with van der Waals surface area (Å²) in [5.74, 6) is 0.297. The van der Waals surface area contributed by atoms with E-state index in [1.165, 1.54) is 0 Å². The second-order valence-corrected chi connectivity index (χ2v) is 5.04. The van der Waals surface area contributed by atoms with Gasteiger partial charge in [-0.2, -0.15) is 0 Å². The molecule has 1 aromatic heterocycles. The number of nitrogens with one attached hydrogen (secondary N) is 1. The van der Waals surface area contributed by atoms with Gasteiger partial charge in [0.05, 0.1) is 12.7 Å². The average molecular weight is 336 g/mol. The lowest BCUT2D eigenvalue weighted by atomic mass is 10.1. The van der Waals surface area contributed by atoms with Crippen LogP contribution in [0.5, 0.6) is 5.88 Å². The lowest BCUT2D eigenvalue weighted by Gasteiger charge is -2.08. The minimum Gasteiger partial charge on any atom is -0.481 e. The van der Waals surface area contributed by atoms with Crippen molar-refractivity contribution in [1.29, 1.82) is 0 Å². The van der Waals surface area contributed by atoms with E-state index < -0.39 is 0 Å². The molecule has 0 aliphatic carbocycles. The number of aromatic nitrogens is 1. The first-order valence-electron chi connectivity index (χ1n) is 5.92. The first-order valence-corrected chi connectivity index (χ1v) is 6.71. The number of methoxy groups -OCH3 is 1. The molecule has 0 unspecified atom stereocenters. The molecule has 0 spiro atoms. The molecule has 1 heterocycles. The molecule has 1 amide bonds. The van der Waals surface area contributed by atoms with E-state index in [1.54, 1.807) is 37.6 Å².